The molecule has 1 rings (SSSR count). The zero-order valence-electron chi connectivity index (χ0n) is 10.3. The van der Waals surface area contributed by atoms with Crippen LogP contribution in [0.1, 0.15) is 19.8 Å². The predicted octanol–water partition coefficient (Wildman–Crippen LogP) is 2.81. The van der Waals surface area contributed by atoms with E-state index in [1.807, 2.05) is 0 Å². The number of rotatable bonds is 8. The molecule has 0 aliphatic heterocycles. The van der Waals surface area contributed by atoms with Gasteiger partial charge in [0.1, 0.15) is 12.4 Å². The quantitative estimate of drug-likeness (QED) is 0.546. The van der Waals surface area contributed by atoms with Crippen LogP contribution in [0, 0.1) is 0 Å². The van der Waals surface area contributed by atoms with Gasteiger partial charge in [0.15, 0.2) is 0 Å². The molecular formula is C12H17ClO4S. The van der Waals surface area contributed by atoms with Gasteiger partial charge in [-0.05, 0) is 30.7 Å². The molecule has 0 saturated carbocycles. The van der Waals surface area contributed by atoms with Gasteiger partial charge in [0.2, 0.25) is 0 Å². The topological polar surface area (TPSA) is 52.6 Å². The normalized spacial score (nSPS) is 11.4. The Morgan fingerprint density at radius 2 is 1.78 bits per heavy atom. The molecular weight excluding hydrogens is 276 g/mol. The van der Waals surface area contributed by atoms with Crippen LogP contribution in [-0.2, 0) is 13.8 Å². The lowest BCUT2D eigenvalue weighted by atomic mass is 10.3. The van der Waals surface area contributed by atoms with Crippen molar-refractivity contribution in [1.82, 2.24) is 0 Å². The van der Waals surface area contributed by atoms with E-state index in [4.69, 9.17) is 20.2 Å². The molecule has 0 atom stereocenters. The fourth-order valence-corrected chi connectivity index (χ4v) is 2.04. The maximum atomic E-state index is 11.0. The zero-order chi connectivity index (χ0) is 13.4. The molecule has 0 heterocycles. The van der Waals surface area contributed by atoms with Gasteiger partial charge in [0.05, 0.1) is 11.5 Å². The summed E-state index contributed by atoms with van der Waals surface area (Å²) in [6.45, 7) is 3.81. The summed E-state index contributed by atoms with van der Waals surface area (Å²) in [5.74, 6) is 0.596. The van der Waals surface area contributed by atoms with E-state index >= 15 is 0 Å². The molecule has 6 heteroatoms. The second-order valence-electron chi connectivity index (χ2n) is 3.72. The Morgan fingerprint density at radius 1 is 1.11 bits per heavy atom. The number of unbranched alkanes of at least 4 members (excludes halogenated alkanes) is 1. The fraction of sp³-hybridized carbons (Fsp3) is 0.500. The standard InChI is InChI=1S/C12H17ClO4S/c1-2-3-8-16-9-10-17-11-4-6-12(7-5-11)18(13,14)15/h4-7H,2-3,8-10H2,1H3. The Labute approximate surface area is 112 Å². The average molecular weight is 293 g/mol. The van der Waals surface area contributed by atoms with Gasteiger partial charge in [-0.15, -0.1) is 0 Å². The van der Waals surface area contributed by atoms with Crippen molar-refractivity contribution in [3.05, 3.63) is 24.3 Å². The lowest BCUT2D eigenvalue weighted by Crippen LogP contribution is -2.07. The van der Waals surface area contributed by atoms with Crippen LogP contribution in [0.25, 0.3) is 0 Å². The van der Waals surface area contributed by atoms with Crippen molar-refractivity contribution in [2.75, 3.05) is 19.8 Å². The minimum atomic E-state index is -3.66. The van der Waals surface area contributed by atoms with Crippen molar-refractivity contribution >= 4 is 19.7 Å². The SMILES string of the molecule is CCCCOCCOc1ccc(S(=O)(=O)Cl)cc1. The Kier molecular flexibility index (Phi) is 6.46. The van der Waals surface area contributed by atoms with Crippen molar-refractivity contribution < 1.29 is 17.9 Å². The van der Waals surface area contributed by atoms with Crippen LogP contribution in [0.2, 0.25) is 0 Å². The number of halogens is 1. The van der Waals surface area contributed by atoms with Gasteiger partial charge in [-0.1, -0.05) is 13.3 Å². The van der Waals surface area contributed by atoms with Crippen molar-refractivity contribution in [2.24, 2.45) is 0 Å². The second kappa shape index (κ2) is 7.61. The second-order valence-corrected chi connectivity index (χ2v) is 6.29. The van der Waals surface area contributed by atoms with Crippen molar-refractivity contribution in [2.45, 2.75) is 24.7 Å². The molecule has 1 aromatic carbocycles. The van der Waals surface area contributed by atoms with Gasteiger partial charge in [-0.25, -0.2) is 8.42 Å². The van der Waals surface area contributed by atoms with Crippen molar-refractivity contribution in [1.29, 1.82) is 0 Å². The predicted molar refractivity (Wildman–Crippen MR) is 70.7 cm³/mol. The molecule has 18 heavy (non-hydrogen) atoms. The Morgan fingerprint density at radius 3 is 2.33 bits per heavy atom. The van der Waals surface area contributed by atoms with Crippen molar-refractivity contribution in [3.63, 3.8) is 0 Å². The summed E-state index contributed by atoms with van der Waals surface area (Å²) in [4.78, 5) is 0.0655. The van der Waals surface area contributed by atoms with E-state index in [0.29, 0.717) is 19.0 Å². The Hall–Kier alpha value is -0.780. The molecule has 0 aliphatic rings. The van der Waals surface area contributed by atoms with E-state index in [1.165, 1.54) is 12.1 Å². The van der Waals surface area contributed by atoms with Gasteiger partial charge in [0.25, 0.3) is 9.05 Å². The first-order chi connectivity index (χ1) is 8.54. The average Bonchev–Trinajstić information content (AvgIpc) is 2.33. The van der Waals surface area contributed by atoms with Crippen LogP contribution < -0.4 is 4.74 Å². The first-order valence-electron chi connectivity index (χ1n) is 5.79. The van der Waals surface area contributed by atoms with Gasteiger partial charge in [0, 0.05) is 17.3 Å². The van der Waals surface area contributed by atoms with Crippen LogP contribution in [0.4, 0.5) is 0 Å². The van der Waals surface area contributed by atoms with Crippen LogP contribution >= 0.6 is 10.7 Å². The summed E-state index contributed by atoms with van der Waals surface area (Å²) in [7, 11) is 1.53. The van der Waals surface area contributed by atoms with Crippen LogP contribution in [-0.4, -0.2) is 28.2 Å². The first-order valence-corrected chi connectivity index (χ1v) is 8.10. The summed E-state index contributed by atoms with van der Waals surface area (Å²) in [6, 6.07) is 5.97. The molecule has 0 saturated heterocycles. The molecule has 0 aliphatic carbocycles. The van der Waals surface area contributed by atoms with Crippen molar-refractivity contribution in [3.8, 4) is 5.75 Å². The minimum absolute atomic E-state index is 0.0655. The largest absolute Gasteiger partial charge is 0.491 e. The molecule has 0 unspecified atom stereocenters. The van der Waals surface area contributed by atoms with E-state index in [-0.39, 0.29) is 4.90 Å². The van der Waals surface area contributed by atoms with E-state index in [1.54, 1.807) is 12.1 Å². The van der Waals surface area contributed by atoms with E-state index in [0.717, 1.165) is 19.4 Å². The highest BCUT2D eigenvalue weighted by molar-refractivity contribution is 8.13. The van der Waals surface area contributed by atoms with Gasteiger partial charge >= 0.3 is 0 Å². The number of ether oxygens (including phenoxy) is 2. The zero-order valence-corrected chi connectivity index (χ0v) is 11.8. The lowest BCUT2D eigenvalue weighted by Gasteiger charge is -2.07. The molecule has 0 radical (unpaired) electrons. The Bertz CT molecular complexity index is 442. The summed E-state index contributed by atoms with van der Waals surface area (Å²) in [5, 5.41) is 0. The molecule has 0 aromatic heterocycles. The first kappa shape index (κ1) is 15.3. The van der Waals surface area contributed by atoms with Gasteiger partial charge < -0.3 is 9.47 Å². The smallest absolute Gasteiger partial charge is 0.261 e. The molecule has 1 aromatic rings. The highest BCUT2D eigenvalue weighted by Crippen LogP contribution is 2.18. The number of hydrogen-bond acceptors (Lipinski definition) is 4. The molecule has 0 bridgehead atoms. The number of benzene rings is 1. The maximum Gasteiger partial charge on any atom is 0.261 e. The number of hydrogen-bond donors (Lipinski definition) is 0. The highest BCUT2D eigenvalue weighted by Gasteiger charge is 2.08. The van der Waals surface area contributed by atoms with Crippen LogP contribution in [0.15, 0.2) is 29.2 Å². The third-order valence-electron chi connectivity index (χ3n) is 2.24. The summed E-state index contributed by atoms with van der Waals surface area (Å²) in [5.41, 5.74) is 0. The monoisotopic (exact) mass is 292 g/mol. The Balaban J connectivity index is 2.32. The fourth-order valence-electron chi connectivity index (χ4n) is 1.27. The maximum absolute atomic E-state index is 11.0. The molecule has 0 N–H and O–H groups in total. The van der Waals surface area contributed by atoms with Gasteiger partial charge in [-0.2, -0.15) is 0 Å². The summed E-state index contributed by atoms with van der Waals surface area (Å²) < 4.78 is 32.7. The highest BCUT2D eigenvalue weighted by atomic mass is 35.7. The summed E-state index contributed by atoms with van der Waals surface area (Å²) >= 11 is 0. The molecule has 0 spiro atoms. The van der Waals surface area contributed by atoms with E-state index < -0.39 is 9.05 Å². The van der Waals surface area contributed by atoms with Crippen LogP contribution in [0.5, 0.6) is 5.75 Å². The lowest BCUT2D eigenvalue weighted by molar-refractivity contribution is 0.0980. The van der Waals surface area contributed by atoms with E-state index in [2.05, 4.69) is 6.92 Å². The molecule has 0 fully saturated rings. The molecule has 4 nitrogen and oxygen atoms in total. The molecule has 0 amide bonds. The third kappa shape index (κ3) is 5.71. The van der Waals surface area contributed by atoms with Gasteiger partial charge in [-0.3, -0.25) is 0 Å². The third-order valence-corrected chi connectivity index (χ3v) is 3.61. The van der Waals surface area contributed by atoms with Crippen LogP contribution in [0.3, 0.4) is 0 Å². The minimum Gasteiger partial charge on any atom is -0.491 e. The molecule has 102 valence electrons. The van der Waals surface area contributed by atoms with E-state index in [9.17, 15) is 8.42 Å². The summed E-state index contributed by atoms with van der Waals surface area (Å²) in [6.07, 6.45) is 2.15.